The zero-order valence-electron chi connectivity index (χ0n) is 16.3. The van der Waals surface area contributed by atoms with Crippen molar-refractivity contribution in [3.63, 3.8) is 0 Å². The van der Waals surface area contributed by atoms with E-state index in [0.717, 1.165) is 21.3 Å². The number of benzene rings is 2. The van der Waals surface area contributed by atoms with E-state index in [9.17, 15) is 14.0 Å². The van der Waals surface area contributed by atoms with Crippen LogP contribution in [-0.4, -0.2) is 34.7 Å². The number of aromatic nitrogens is 2. The van der Waals surface area contributed by atoms with Gasteiger partial charge in [0.05, 0.1) is 29.5 Å². The van der Waals surface area contributed by atoms with Gasteiger partial charge >= 0.3 is 5.97 Å². The number of carbonyl (C=O) groups excluding carboxylic acids is 2. The Kier molecular flexibility index (Phi) is 6.24. The molecule has 0 radical (unpaired) electrons. The molecule has 2 heterocycles. The van der Waals surface area contributed by atoms with E-state index in [2.05, 4.69) is 15.3 Å². The minimum atomic E-state index is -0.525. The van der Waals surface area contributed by atoms with Gasteiger partial charge in [0.25, 0.3) is 0 Å². The summed E-state index contributed by atoms with van der Waals surface area (Å²) in [5.41, 5.74) is 2.40. The number of methoxy groups -OCH3 is 1. The quantitative estimate of drug-likeness (QED) is 0.251. The third-order valence-corrected chi connectivity index (χ3v) is 6.31. The first-order valence-corrected chi connectivity index (χ1v) is 11.0. The van der Waals surface area contributed by atoms with Gasteiger partial charge in [0.2, 0.25) is 5.91 Å². The van der Waals surface area contributed by atoms with Gasteiger partial charge in [-0.15, -0.1) is 11.3 Å². The SMILES string of the molecule is COC(=O)c1ccccc1NC(=O)CSc1ncnc2scc(-c3ccc(F)cc3)c12. The zero-order valence-corrected chi connectivity index (χ0v) is 17.9. The molecule has 2 aromatic heterocycles. The maximum atomic E-state index is 13.3. The number of thioether (sulfide) groups is 1. The molecular weight excluding hydrogens is 437 g/mol. The molecule has 0 saturated heterocycles. The highest BCUT2D eigenvalue weighted by Crippen LogP contribution is 2.37. The zero-order chi connectivity index (χ0) is 21.8. The molecule has 0 atom stereocenters. The Morgan fingerprint density at radius 2 is 1.90 bits per heavy atom. The molecule has 0 spiro atoms. The van der Waals surface area contributed by atoms with E-state index in [1.54, 1.807) is 36.4 Å². The Bertz CT molecular complexity index is 1260. The van der Waals surface area contributed by atoms with Crippen molar-refractivity contribution >= 4 is 50.9 Å². The lowest BCUT2D eigenvalue weighted by atomic mass is 10.1. The summed E-state index contributed by atoms with van der Waals surface area (Å²) < 4.78 is 18.1. The lowest BCUT2D eigenvalue weighted by Crippen LogP contribution is -2.17. The second kappa shape index (κ2) is 9.23. The van der Waals surface area contributed by atoms with Gasteiger partial charge in [-0.05, 0) is 29.8 Å². The molecule has 2 aromatic carbocycles. The lowest BCUT2D eigenvalue weighted by Gasteiger charge is -2.10. The van der Waals surface area contributed by atoms with Crippen molar-refractivity contribution in [2.45, 2.75) is 5.03 Å². The summed E-state index contributed by atoms with van der Waals surface area (Å²) in [5.74, 6) is -1.03. The largest absolute Gasteiger partial charge is 0.465 e. The number of hydrogen-bond acceptors (Lipinski definition) is 7. The minimum Gasteiger partial charge on any atom is -0.465 e. The Morgan fingerprint density at radius 1 is 1.13 bits per heavy atom. The van der Waals surface area contributed by atoms with E-state index in [-0.39, 0.29) is 23.0 Å². The summed E-state index contributed by atoms with van der Waals surface area (Å²) in [7, 11) is 1.29. The number of amides is 1. The monoisotopic (exact) mass is 453 g/mol. The number of thiophene rings is 1. The number of ether oxygens (including phenoxy) is 1. The van der Waals surface area contributed by atoms with Gasteiger partial charge in [-0.3, -0.25) is 4.79 Å². The fourth-order valence-corrected chi connectivity index (χ4v) is 4.79. The molecule has 0 aliphatic rings. The average Bonchev–Trinajstić information content (AvgIpc) is 3.23. The number of anilines is 1. The molecule has 0 fully saturated rings. The number of carbonyl (C=O) groups is 2. The number of rotatable bonds is 6. The van der Waals surface area contributed by atoms with E-state index in [1.807, 2.05) is 5.38 Å². The number of nitrogens with zero attached hydrogens (tertiary/aromatic N) is 2. The number of halogens is 1. The summed E-state index contributed by atoms with van der Waals surface area (Å²) in [5, 5.41) is 6.18. The topological polar surface area (TPSA) is 81.2 Å². The first kappa shape index (κ1) is 21.0. The van der Waals surface area contributed by atoms with Crippen LogP contribution in [-0.2, 0) is 9.53 Å². The molecule has 0 aliphatic heterocycles. The van der Waals surface area contributed by atoms with E-state index < -0.39 is 5.97 Å². The lowest BCUT2D eigenvalue weighted by molar-refractivity contribution is -0.113. The third-order valence-electron chi connectivity index (χ3n) is 4.44. The van der Waals surface area contributed by atoms with Crippen LogP contribution in [0, 0.1) is 5.82 Å². The standard InChI is InChI=1S/C22H16FN3O3S2/c1-29-22(28)15-4-2-3-5-17(15)26-18(27)11-31-21-19-16(10-30-20(19)24-12-25-21)13-6-8-14(23)9-7-13/h2-10,12H,11H2,1H3,(H,26,27). The fourth-order valence-electron chi connectivity index (χ4n) is 3.00. The molecule has 0 bridgehead atoms. The molecule has 4 rings (SSSR count). The second-order valence-electron chi connectivity index (χ2n) is 6.39. The predicted molar refractivity (Wildman–Crippen MR) is 120 cm³/mol. The van der Waals surface area contributed by atoms with Gasteiger partial charge in [-0.1, -0.05) is 36.0 Å². The van der Waals surface area contributed by atoms with Gasteiger partial charge in [0.15, 0.2) is 0 Å². The van der Waals surface area contributed by atoms with Crippen LogP contribution in [0.4, 0.5) is 10.1 Å². The smallest absolute Gasteiger partial charge is 0.339 e. The Labute approximate surface area is 185 Å². The van der Waals surface area contributed by atoms with Crippen molar-refractivity contribution in [2.24, 2.45) is 0 Å². The molecule has 0 saturated carbocycles. The summed E-state index contributed by atoms with van der Waals surface area (Å²) in [6.45, 7) is 0. The maximum Gasteiger partial charge on any atom is 0.339 e. The average molecular weight is 454 g/mol. The van der Waals surface area contributed by atoms with Gasteiger partial charge in [0, 0.05) is 10.9 Å². The highest BCUT2D eigenvalue weighted by Gasteiger charge is 2.17. The van der Waals surface area contributed by atoms with Crippen LogP contribution in [0.5, 0.6) is 0 Å². The van der Waals surface area contributed by atoms with Crippen molar-refractivity contribution in [3.05, 3.63) is 71.6 Å². The third kappa shape index (κ3) is 4.57. The van der Waals surface area contributed by atoms with Crippen LogP contribution >= 0.6 is 23.1 Å². The molecular formula is C22H16FN3O3S2. The van der Waals surface area contributed by atoms with Crippen molar-refractivity contribution < 1.29 is 18.7 Å². The molecule has 6 nitrogen and oxygen atoms in total. The number of hydrogen-bond donors (Lipinski definition) is 1. The molecule has 4 aromatic rings. The van der Waals surface area contributed by atoms with Crippen LogP contribution in [0.1, 0.15) is 10.4 Å². The number of para-hydroxylation sites is 1. The maximum absolute atomic E-state index is 13.3. The van der Waals surface area contributed by atoms with Gasteiger partial charge in [0.1, 0.15) is 22.0 Å². The fraction of sp³-hybridized carbons (Fsp3) is 0.0909. The van der Waals surface area contributed by atoms with Gasteiger partial charge in [-0.25, -0.2) is 19.2 Å². The van der Waals surface area contributed by atoms with E-state index >= 15 is 0 Å². The first-order valence-electron chi connectivity index (χ1n) is 9.15. The Hall–Kier alpha value is -3.30. The van der Waals surface area contributed by atoms with Gasteiger partial charge < -0.3 is 10.1 Å². The van der Waals surface area contributed by atoms with Crippen molar-refractivity contribution in [1.82, 2.24) is 9.97 Å². The van der Waals surface area contributed by atoms with Crippen molar-refractivity contribution in [1.29, 1.82) is 0 Å². The molecule has 1 amide bonds. The van der Waals surface area contributed by atoms with E-state index in [1.165, 1.54) is 48.7 Å². The summed E-state index contributed by atoms with van der Waals surface area (Å²) >= 11 is 2.73. The Balaban J connectivity index is 1.55. The highest BCUT2D eigenvalue weighted by molar-refractivity contribution is 8.00. The van der Waals surface area contributed by atoms with Crippen LogP contribution in [0.3, 0.4) is 0 Å². The van der Waals surface area contributed by atoms with Crippen molar-refractivity contribution in [2.75, 3.05) is 18.2 Å². The molecule has 9 heteroatoms. The summed E-state index contributed by atoms with van der Waals surface area (Å²) in [4.78, 5) is 33.9. The normalized spacial score (nSPS) is 10.8. The molecule has 0 aliphatic carbocycles. The van der Waals surface area contributed by atoms with Gasteiger partial charge in [-0.2, -0.15) is 0 Å². The van der Waals surface area contributed by atoms with Crippen LogP contribution in [0.2, 0.25) is 0 Å². The number of esters is 1. The number of nitrogens with one attached hydrogen (secondary N) is 1. The summed E-state index contributed by atoms with van der Waals surface area (Å²) in [6.07, 6.45) is 1.46. The van der Waals surface area contributed by atoms with Crippen LogP contribution in [0.25, 0.3) is 21.3 Å². The minimum absolute atomic E-state index is 0.0837. The van der Waals surface area contributed by atoms with Crippen LogP contribution in [0.15, 0.2) is 65.3 Å². The second-order valence-corrected chi connectivity index (χ2v) is 8.21. The van der Waals surface area contributed by atoms with E-state index in [4.69, 9.17) is 4.74 Å². The summed E-state index contributed by atoms with van der Waals surface area (Å²) in [6, 6.07) is 12.9. The van der Waals surface area contributed by atoms with Crippen molar-refractivity contribution in [3.8, 4) is 11.1 Å². The first-order chi connectivity index (χ1) is 15.1. The molecule has 0 unspecified atom stereocenters. The highest BCUT2D eigenvalue weighted by atomic mass is 32.2. The van der Waals surface area contributed by atoms with Crippen LogP contribution < -0.4 is 5.32 Å². The Morgan fingerprint density at radius 3 is 2.68 bits per heavy atom. The predicted octanol–water partition coefficient (Wildman–Crippen LogP) is 5.01. The number of fused-ring (bicyclic) bond motifs is 1. The molecule has 31 heavy (non-hydrogen) atoms. The van der Waals surface area contributed by atoms with E-state index in [0.29, 0.717) is 10.7 Å². The molecule has 1 N–H and O–H groups in total. The molecule has 156 valence electrons.